The van der Waals surface area contributed by atoms with Gasteiger partial charge in [0.25, 0.3) is 0 Å². The van der Waals surface area contributed by atoms with Crippen molar-refractivity contribution in [2.45, 2.75) is 51.6 Å². The van der Waals surface area contributed by atoms with Gasteiger partial charge in [0, 0.05) is 6.54 Å². The molecule has 1 aromatic rings. The fourth-order valence-corrected chi connectivity index (χ4v) is 4.79. The van der Waals surface area contributed by atoms with Gasteiger partial charge in [-0.2, -0.15) is 0 Å². The van der Waals surface area contributed by atoms with E-state index < -0.39 is 56.2 Å². The highest BCUT2D eigenvalue weighted by atomic mass is 31.2. The van der Waals surface area contributed by atoms with Gasteiger partial charge in [0.2, 0.25) is 11.8 Å². The van der Waals surface area contributed by atoms with E-state index in [2.05, 4.69) is 16.0 Å². The topological polar surface area (TPSA) is 163 Å². The molecule has 3 amide bonds. The van der Waals surface area contributed by atoms with Crippen molar-refractivity contribution in [3.8, 4) is 0 Å². The predicted molar refractivity (Wildman–Crippen MR) is 127 cm³/mol. The fraction of sp³-hybridized carbons (Fsp3) is 0.591. The number of hydrogen-bond donors (Lipinski definition) is 5. The van der Waals surface area contributed by atoms with Crippen LogP contribution < -0.4 is 16.0 Å². The first kappa shape index (κ1) is 30.5. The minimum absolute atomic E-state index is 0.141. The zero-order chi connectivity index (χ0) is 26.3. The largest absolute Gasteiger partial charge is 0.465 e. The summed E-state index contributed by atoms with van der Waals surface area (Å²) in [6.07, 6.45) is -0.667. The van der Waals surface area contributed by atoms with Crippen molar-refractivity contribution in [2.75, 3.05) is 32.5 Å². The zero-order valence-corrected chi connectivity index (χ0v) is 20.9. The molecule has 35 heavy (non-hydrogen) atoms. The zero-order valence-electron chi connectivity index (χ0n) is 20.0. The molecule has 5 N–H and O–H groups in total. The molecule has 0 spiro atoms. The third-order valence-corrected chi connectivity index (χ3v) is 6.76. The molecule has 0 heterocycles. The molecule has 1 aromatic carbocycles. The molecular formula is C22H35FN3O8P. The second-order valence-corrected chi connectivity index (χ2v) is 9.73. The molecule has 198 valence electrons. The lowest BCUT2D eigenvalue weighted by Crippen LogP contribution is -2.50. The summed E-state index contributed by atoms with van der Waals surface area (Å²) in [5.74, 6) is -1.57. The number of nitrogens with one attached hydrogen (secondary N) is 3. The molecule has 0 aliphatic carbocycles. The molecule has 2 unspecified atom stereocenters. The Labute approximate surface area is 204 Å². The van der Waals surface area contributed by atoms with Gasteiger partial charge in [0.15, 0.2) is 0 Å². The first-order valence-electron chi connectivity index (χ1n) is 11.4. The summed E-state index contributed by atoms with van der Waals surface area (Å²) in [5.41, 5.74) is 0.570. The van der Waals surface area contributed by atoms with E-state index in [1.165, 1.54) is 18.2 Å². The lowest BCUT2D eigenvalue weighted by Gasteiger charge is -2.22. The van der Waals surface area contributed by atoms with Crippen molar-refractivity contribution in [1.82, 2.24) is 16.0 Å². The second kappa shape index (κ2) is 16.2. The van der Waals surface area contributed by atoms with Crippen molar-refractivity contribution >= 4 is 25.5 Å². The van der Waals surface area contributed by atoms with Crippen LogP contribution in [0, 0.1) is 5.82 Å². The lowest BCUT2D eigenvalue weighted by atomic mass is 10.0. The average molecular weight is 520 g/mol. The minimum atomic E-state index is -3.50. The lowest BCUT2D eigenvalue weighted by molar-refractivity contribution is -0.124. The fourth-order valence-electron chi connectivity index (χ4n) is 3.28. The number of aliphatic hydroxyl groups excluding tert-OH is 1. The standard InChI is InChI=1S/C22H35FN3O8P/c1-3-33-35(32,34-4-2)15-20(28)24-11-6-5-10-19(26-22(30)31)21(29)25-18(14-27)13-16-8-7-9-17(23)12-16/h7-9,12,18-19,26-27H,3-6,10-11,13-15H2,1-2H3,(H,24,28)(H,25,29)(H,30,31). The van der Waals surface area contributed by atoms with Crippen LogP contribution in [0.4, 0.5) is 9.18 Å². The summed E-state index contributed by atoms with van der Waals surface area (Å²) in [4.78, 5) is 35.8. The summed E-state index contributed by atoms with van der Waals surface area (Å²) < 4.78 is 35.9. The Bertz CT molecular complexity index is 863. The highest BCUT2D eigenvalue weighted by molar-refractivity contribution is 7.54. The number of carbonyl (C=O) groups excluding carboxylic acids is 2. The minimum Gasteiger partial charge on any atom is -0.465 e. The Hall–Kier alpha value is -2.53. The van der Waals surface area contributed by atoms with Gasteiger partial charge >= 0.3 is 13.7 Å². The van der Waals surface area contributed by atoms with Crippen molar-refractivity contribution in [1.29, 1.82) is 0 Å². The van der Waals surface area contributed by atoms with Gasteiger partial charge < -0.3 is 35.2 Å². The molecule has 2 atom stereocenters. The third kappa shape index (κ3) is 12.7. The number of aliphatic hydroxyl groups is 1. The van der Waals surface area contributed by atoms with Crippen LogP contribution in [-0.2, 0) is 29.6 Å². The van der Waals surface area contributed by atoms with Crippen molar-refractivity contribution < 1.29 is 42.6 Å². The van der Waals surface area contributed by atoms with Crippen LogP contribution in [0.3, 0.4) is 0 Å². The average Bonchev–Trinajstić information content (AvgIpc) is 2.77. The summed E-state index contributed by atoms with van der Waals surface area (Å²) in [7, 11) is -3.50. The van der Waals surface area contributed by atoms with E-state index in [9.17, 15) is 28.4 Å². The summed E-state index contributed by atoms with van der Waals surface area (Å²) in [5, 5.41) is 26.0. The Balaban J connectivity index is 2.53. The first-order chi connectivity index (χ1) is 16.6. The van der Waals surface area contributed by atoms with E-state index in [1.807, 2.05) is 0 Å². The molecule has 13 heteroatoms. The molecule has 0 saturated carbocycles. The monoisotopic (exact) mass is 519 g/mol. The number of hydrogen-bond acceptors (Lipinski definition) is 7. The number of rotatable bonds is 17. The molecule has 0 bridgehead atoms. The van der Waals surface area contributed by atoms with E-state index >= 15 is 0 Å². The summed E-state index contributed by atoms with van der Waals surface area (Å²) in [6.45, 7) is 3.38. The Morgan fingerprint density at radius 2 is 1.80 bits per heavy atom. The van der Waals surface area contributed by atoms with Crippen LogP contribution in [0.15, 0.2) is 24.3 Å². The molecule has 0 aromatic heterocycles. The van der Waals surface area contributed by atoms with Gasteiger partial charge in [-0.3, -0.25) is 14.2 Å². The highest BCUT2D eigenvalue weighted by Gasteiger charge is 2.27. The third-order valence-electron chi connectivity index (χ3n) is 4.78. The summed E-state index contributed by atoms with van der Waals surface area (Å²) in [6, 6.07) is 3.93. The maximum absolute atomic E-state index is 13.4. The normalized spacial score (nSPS) is 13.0. The van der Waals surface area contributed by atoms with Gasteiger partial charge in [-0.15, -0.1) is 0 Å². The second-order valence-electron chi connectivity index (χ2n) is 7.67. The van der Waals surface area contributed by atoms with Gasteiger partial charge in [0.1, 0.15) is 18.0 Å². The van der Waals surface area contributed by atoms with E-state index in [0.29, 0.717) is 18.4 Å². The molecule has 0 aliphatic rings. The van der Waals surface area contributed by atoms with Crippen LogP contribution in [0.1, 0.15) is 38.7 Å². The SMILES string of the molecule is CCOP(=O)(CC(=O)NCCCCC(NC(=O)O)C(=O)NC(CO)Cc1cccc(F)c1)OCC. The Kier molecular flexibility index (Phi) is 14.1. The number of halogens is 1. The number of carboxylic acid groups (broad SMARTS) is 1. The maximum Gasteiger partial charge on any atom is 0.405 e. The van der Waals surface area contributed by atoms with Crippen molar-refractivity contribution in [3.63, 3.8) is 0 Å². The van der Waals surface area contributed by atoms with E-state index in [4.69, 9.17) is 14.2 Å². The molecule has 0 aliphatic heterocycles. The molecule has 0 radical (unpaired) electrons. The van der Waals surface area contributed by atoms with Crippen LogP contribution in [0.2, 0.25) is 0 Å². The highest BCUT2D eigenvalue weighted by Crippen LogP contribution is 2.47. The Morgan fingerprint density at radius 3 is 2.37 bits per heavy atom. The van der Waals surface area contributed by atoms with Crippen molar-refractivity contribution in [3.05, 3.63) is 35.6 Å². The molecule has 1 rings (SSSR count). The van der Waals surface area contributed by atoms with Gasteiger partial charge in [-0.05, 0) is 57.2 Å². The van der Waals surface area contributed by atoms with Gasteiger partial charge in [-0.1, -0.05) is 12.1 Å². The maximum atomic E-state index is 13.4. The smallest absolute Gasteiger partial charge is 0.405 e. The number of amides is 3. The molecular weight excluding hydrogens is 484 g/mol. The molecule has 0 fully saturated rings. The van der Waals surface area contributed by atoms with Crippen LogP contribution in [-0.4, -0.2) is 72.7 Å². The summed E-state index contributed by atoms with van der Waals surface area (Å²) >= 11 is 0. The first-order valence-corrected chi connectivity index (χ1v) is 13.1. The predicted octanol–water partition coefficient (Wildman–Crippen LogP) is 2.03. The quantitative estimate of drug-likeness (QED) is 0.154. The van der Waals surface area contributed by atoms with Crippen molar-refractivity contribution in [2.24, 2.45) is 0 Å². The number of unbranched alkanes of at least 4 members (excludes halogenated alkanes) is 1. The molecule has 11 nitrogen and oxygen atoms in total. The Morgan fingerprint density at radius 1 is 1.11 bits per heavy atom. The van der Waals surface area contributed by atoms with Crippen LogP contribution in [0.5, 0.6) is 0 Å². The van der Waals surface area contributed by atoms with E-state index in [0.717, 1.165) is 0 Å². The van der Waals surface area contributed by atoms with E-state index in [-0.39, 0.29) is 32.6 Å². The van der Waals surface area contributed by atoms with E-state index in [1.54, 1.807) is 19.9 Å². The van der Waals surface area contributed by atoms with Crippen LogP contribution in [0.25, 0.3) is 0 Å². The van der Waals surface area contributed by atoms with Gasteiger partial charge in [-0.25, -0.2) is 9.18 Å². The number of carbonyl (C=O) groups is 3. The van der Waals surface area contributed by atoms with Gasteiger partial charge in [0.05, 0.1) is 25.9 Å². The van der Waals surface area contributed by atoms with Crippen LogP contribution >= 0.6 is 7.60 Å². The molecule has 0 saturated heterocycles. The number of benzene rings is 1.